The number of fused-ring (bicyclic) bond motifs is 1. The highest BCUT2D eigenvalue weighted by molar-refractivity contribution is 7.38. The van der Waals surface area contributed by atoms with Crippen LogP contribution in [-0.2, 0) is 4.74 Å². The fraction of sp³-hybridized carbons (Fsp3) is 0.333. The van der Waals surface area contributed by atoms with Crippen LogP contribution in [0.2, 0.25) is 0 Å². The predicted octanol–water partition coefficient (Wildman–Crippen LogP) is 3.73. The van der Waals surface area contributed by atoms with Gasteiger partial charge in [0, 0.05) is 10.8 Å². The van der Waals surface area contributed by atoms with Gasteiger partial charge in [-0.3, -0.25) is 4.79 Å². The second-order valence-corrected chi connectivity index (χ2v) is 6.84. The Labute approximate surface area is 107 Å². The second kappa shape index (κ2) is 4.23. The third kappa shape index (κ3) is 2.56. The lowest BCUT2D eigenvalue weighted by Crippen LogP contribution is -2.23. The largest absolute Gasteiger partial charge is 0.456 e. The van der Waals surface area contributed by atoms with E-state index in [0.29, 0.717) is 10.4 Å². The fourth-order valence-corrected chi connectivity index (χ4v) is 3.48. The van der Waals surface area contributed by atoms with Crippen molar-refractivity contribution in [3.63, 3.8) is 0 Å². The van der Waals surface area contributed by atoms with Gasteiger partial charge in [0.1, 0.15) is 5.60 Å². The van der Waals surface area contributed by atoms with Crippen LogP contribution in [0.4, 0.5) is 0 Å². The maximum atomic E-state index is 11.9. The van der Waals surface area contributed by atoms with E-state index in [1.165, 1.54) is 22.7 Å². The predicted molar refractivity (Wildman–Crippen MR) is 70.3 cm³/mol. The summed E-state index contributed by atoms with van der Waals surface area (Å²) in [6, 6.07) is 1.74. The number of rotatable bonds is 2. The number of ether oxygens (including phenoxy) is 1. The van der Waals surface area contributed by atoms with E-state index in [1.807, 2.05) is 20.8 Å². The summed E-state index contributed by atoms with van der Waals surface area (Å²) in [7, 11) is 0. The van der Waals surface area contributed by atoms with Crippen molar-refractivity contribution in [3.8, 4) is 0 Å². The first-order chi connectivity index (χ1) is 7.90. The van der Waals surface area contributed by atoms with E-state index in [1.54, 1.807) is 11.4 Å². The molecule has 5 heteroatoms. The highest BCUT2D eigenvalue weighted by atomic mass is 32.2. The summed E-state index contributed by atoms with van der Waals surface area (Å²) in [5, 5.41) is 2.60. The molecule has 2 aromatic rings. The molecule has 0 saturated heterocycles. The maximum absolute atomic E-state index is 11.9. The Morgan fingerprint density at radius 1 is 1.41 bits per heavy atom. The van der Waals surface area contributed by atoms with Gasteiger partial charge in [-0.2, -0.15) is 0 Å². The Balaban J connectivity index is 2.38. The van der Waals surface area contributed by atoms with E-state index >= 15 is 0 Å². The molecule has 0 aromatic carbocycles. The van der Waals surface area contributed by atoms with Gasteiger partial charge in [-0.05, 0) is 26.8 Å². The Kier molecular flexibility index (Phi) is 3.05. The van der Waals surface area contributed by atoms with E-state index in [4.69, 9.17) is 4.74 Å². The third-order valence-corrected chi connectivity index (χ3v) is 4.21. The number of carbonyl (C=O) groups excluding carboxylic acids is 2. The molecule has 0 atom stereocenters. The topological polar surface area (TPSA) is 43.4 Å². The van der Waals surface area contributed by atoms with Crippen LogP contribution in [-0.4, -0.2) is 17.9 Å². The standard InChI is InChI=1S/C12H12O3S2/c1-12(2,3)15-10(14)9-6-16-11-8(9)4-7(5-13)17-11/h4-6H,1-3H3. The molecule has 2 rings (SSSR count). The molecule has 0 N–H and O–H groups in total. The van der Waals surface area contributed by atoms with Crippen molar-refractivity contribution in [1.29, 1.82) is 0 Å². The number of hydrogen-bond donors (Lipinski definition) is 0. The number of esters is 1. The molecule has 0 amide bonds. The molecule has 0 radical (unpaired) electrons. The van der Waals surface area contributed by atoms with Crippen LogP contribution in [0.5, 0.6) is 0 Å². The van der Waals surface area contributed by atoms with Crippen LogP contribution < -0.4 is 0 Å². The zero-order valence-corrected chi connectivity index (χ0v) is 11.4. The molecular formula is C12H12O3S2. The van der Waals surface area contributed by atoms with Crippen molar-refractivity contribution < 1.29 is 14.3 Å². The summed E-state index contributed by atoms with van der Waals surface area (Å²) in [6.45, 7) is 5.50. The van der Waals surface area contributed by atoms with Crippen molar-refractivity contribution in [2.45, 2.75) is 26.4 Å². The van der Waals surface area contributed by atoms with Crippen molar-refractivity contribution >= 4 is 44.3 Å². The lowest BCUT2D eigenvalue weighted by Gasteiger charge is -2.18. The molecule has 17 heavy (non-hydrogen) atoms. The maximum Gasteiger partial charge on any atom is 0.340 e. The van der Waals surface area contributed by atoms with E-state index in [-0.39, 0.29) is 5.97 Å². The van der Waals surface area contributed by atoms with E-state index in [0.717, 1.165) is 15.7 Å². The zero-order chi connectivity index (χ0) is 12.6. The van der Waals surface area contributed by atoms with Crippen molar-refractivity contribution in [2.24, 2.45) is 0 Å². The van der Waals surface area contributed by atoms with E-state index in [9.17, 15) is 9.59 Å². The minimum atomic E-state index is -0.505. The first-order valence-corrected chi connectivity index (χ1v) is 6.80. The van der Waals surface area contributed by atoms with Crippen molar-refractivity contribution in [1.82, 2.24) is 0 Å². The van der Waals surface area contributed by atoms with Gasteiger partial charge >= 0.3 is 5.97 Å². The quantitative estimate of drug-likeness (QED) is 0.615. The van der Waals surface area contributed by atoms with Crippen LogP contribution in [0.15, 0.2) is 11.4 Å². The minimum Gasteiger partial charge on any atom is -0.456 e. The molecular weight excluding hydrogens is 256 g/mol. The molecule has 0 bridgehead atoms. The monoisotopic (exact) mass is 268 g/mol. The van der Waals surface area contributed by atoms with Gasteiger partial charge in [-0.25, -0.2) is 4.79 Å². The first kappa shape index (κ1) is 12.3. The normalized spacial score (nSPS) is 11.7. The smallest absolute Gasteiger partial charge is 0.340 e. The Hall–Kier alpha value is -1.20. The van der Waals surface area contributed by atoms with Crippen LogP contribution >= 0.6 is 22.7 Å². The second-order valence-electron chi connectivity index (χ2n) is 4.62. The highest BCUT2D eigenvalue weighted by Gasteiger charge is 2.21. The Morgan fingerprint density at radius 3 is 2.71 bits per heavy atom. The first-order valence-electron chi connectivity index (χ1n) is 5.10. The number of carbonyl (C=O) groups is 2. The Bertz CT molecular complexity index is 572. The lowest BCUT2D eigenvalue weighted by molar-refractivity contribution is 0.00723. The van der Waals surface area contributed by atoms with Gasteiger partial charge in [0.2, 0.25) is 0 Å². The molecule has 0 spiro atoms. The minimum absolute atomic E-state index is 0.334. The summed E-state index contributed by atoms with van der Waals surface area (Å²) in [5.41, 5.74) is 0.0405. The molecule has 0 aliphatic carbocycles. The summed E-state index contributed by atoms with van der Waals surface area (Å²) < 4.78 is 6.30. The van der Waals surface area contributed by atoms with Gasteiger partial charge in [-0.1, -0.05) is 0 Å². The molecule has 0 unspecified atom stereocenters. The van der Waals surface area contributed by atoms with Crippen LogP contribution in [0.25, 0.3) is 9.40 Å². The van der Waals surface area contributed by atoms with Gasteiger partial charge in [-0.15, -0.1) is 22.7 Å². The molecule has 0 saturated carbocycles. The molecule has 90 valence electrons. The summed E-state index contributed by atoms with van der Waals surface area (Å²) in [5.74, 6) is -0.334. The zero-order valence-electron chi connectivity index (χ0n) is 9.77. The molecule has 2 heterocycles. The highest BCUT2D eigenvalue weighted by Crippen LogP contribution is 2.34. The third-order valence-electron chi connectivity index (χ3n) is 2.03. The number of aldehydes is 1. The van der Waals surface area contributed by atoms with E-state index in [2.05, 4.69) is 0 Å². The summed E-state index contributed by atoms with van der Waals surface area (Å²) in [4.78, 5) is 23.3. The van der Waals surface area contributed by atoms with Crippen LogP contribution in [0.1, 0.15) is 40.8 Å². The molecule has 0 aliphatic rings. The van der Waals surface area contributed by atoms with Crippen LogP contribution in [0.3, 0.4) is 0 Å². The summed E-state index contributed by atoms with van der Waals surface area (Å²) in [6.07, 6.45) is 0.802. The number of thiophene rings is 2. The van der Waals surface area contributed by atoms with Gasteiger partial charge in [0.05, 0.1) is 14.5 Å². The molecule has 0 fully saturated rings. The van der Waals surface area contributed by atoms with Gasteiger partial charge in [0.15, 0.2) is 6.29 Å². The average molecular weight is 268 g/mol. The molecule has 3 nitrogen and oxygen atoms in total. The molecule has 0 aliphatic heterocycles. The average Bonchev–Trinajstić information content (AvgIpc) is 2.71. The SMILES string of the molecule is CC(C)(C)OC(=O)c1csc2sc(C=O)cc12. The molecule has 2 aromatic heterocycles. The lowest BCUT2D eigenvalue weighted by atomic mass is 10.2. The van der Waals surface area contributed by atoms with Crippen molar-refractivity contribution in [3.05, 3.63) is 21.9 Å². The van der Waals surface area contributed by atoms with Crippen molar-refractivity contribution in [2.75, 3.05) is 0 Å². The van der Waals surface area contributed by atoms with Gasteiger partial charge < -0.3 is 4.74 Å². The van der Waals surface area contributed by atoms with E-state index < -0.39 is 5.60 Å². The van der Waals surface area contributed by atoms with Crippen LogP contribution in [0, 0.1) is 0 Å². The number of hydrogen-bond acceptors (Lipinski definition) is 5. The van der Waals surface area contributed by atoms with Gasteiger partial charge in [0.25, 0.3) is 0 Å². The Morgan fingerprint density at radius 2 is 2.12 bits per heavy atom. The fourth-order valence-electron chi connectivity index (χ4n) is 1.39. The summed E-state index contributed by atoms with van der Waals surface area (Å²) >= 11 is 2.86.